The Morgan fingerprint density at radius 1 is 1.03 bits per heavy atom. The van der Waals surface area contributed by atoms with Gasteiger partial charge in [-0.05, 0) is 28.1 Å². The molecule has 0 spiro atoms. The Kier molecular flexibility index (Phi) is 6.42. The molecule has 4 N–H and O–H groups in total. The lowest BCUT2D eigenvalue weighted by Gasteiger charge is -2.19. The minimum Gasteiger partial charge on any atom is -0.396 e. The summed E-state index contributed by atoms with van der Waals surface area (Å²) in [7, 11) is 0. The lowest BCUT2D eigenvalue weighted by Crippen LogP contribution is -2.15. The number of halogens is 7. The van der Waals surface area contributed by atoms with Gasteiger partial charge in [0.05, 0.1) is 28.7 Å². The number of nitrogen functional groups attached to an aromatic ring is 1. The molecule has 0 aliphatic rings. The van der Waals surface area contributed by atoms with E-state index in [2.05, 4.69) is 36.1 Å². The SMILES string of the molecule is NC(=O)c1cc(F)c(-c2c(Br)cnc(Cl)c2N)c(-c2cnc(-n3nccn3)c(C(F)(F)F)c2)c1Cl. The second-order valence-corrected chi connectivity index (χ2v) is 8.52. The van der Waals surface area contributed by atoms with Crippen LogP contribution in [-0.4, -0.2) is 30.9 Å². The van der Waals surface area contributed by atoms with Crippen LogP contribution in [0.25, 0.3) is 28.1 Å². The van der Waals surface area contributed by atoms with E-state index in [1.165, 1.54) is 18.6 Å². The fourth-order valence-corrected chi connectivity index (χ4v) is 4.35. The number of carbonyl (C=O) groups is 1. The van der Waals surface area contributed by atoms with Gasteiger partial charge in [0.25, 0.3) is 0 Å². The van der Waals surface area contributed by atoms with Crippen LogP contribution >= 0.6 is 39.1 Å². The van der Waals surface area contributed by atoms with Crippen molar-refractivity contribution < 1.29 is 22.4 Å². The molecule has 0 saturated heterocycles. The van der Waals surface area contributed by atoms with E-state index in [0.29, 0.717) is 10.9 Å². The van der Waals surface area contributed by atoms with E-state index in [1.807, 2.05) is 0 Å². The third kappa shape index (κ3) is 4.42. The number of amides is 1. The lowest BCUT2D eigenvalue weighted by atomic mass is 9.91. The number of pyridine rings is 2. The molecule has 35 heavy (non-hydrogen) atoms. The van der Waals surface area contributed by atoms with Gasteiger partial charge in [0.15, 0.2) is 11.0 Å². The van der Waals surface area contributed by atoms with E-state index in [4.69, 9.17) is 34.7 Å². The molecule has 0 aliphatic carbocycles. The number of primary amides is 1. The predicted octanol–water partition coefficient (Wildman–Crippen LogP) is 5.30. The molecule has 0 aliphatic heterocycles. The van der Waals surface area contributed by atoms with Gasteiger partial charge in [-0.25, -0.2) is 14.4 Å². The number of benzene rings is 1. The highest BCUT2D eigenvalue weighted by Crippen LogP contribution is 2.47. The molecule has 0 fully saturated rings. The Balaban J connectivity index is 2.13. The smallest absolute Gasteiger partial charge is 0.396 e. The molecule has 0 atom stereocenters. The van der Waals surface area contributed by atoms with Crippen LogP contribution in [0.2, 0.25) is 10.2 Å². The van der Waals surface area contributed by atoms with Gasteiger partial charge in [-0.2, -0.15) is 23.4 Å². The van der Waals surface area contributed by atoms with Crippen molar-refractivity contribution in [2.45, 2.75) is 6.18 Å². The van der Waals surface area contributed by atoms with Crippen molar-refractivity contribution in [1.29, 1.82) is 0 Å². The summed E-state index contributed by atoms with van der Waals surface area (Å²) >= 11 is 15.6. The van der Waals surface area contributed by atoms with Crippen LogP contribution in [-0.2, 0) is 6.18 Å². The van der Waals surface area contributed by atoms with Gasteiger partial charge < -0.3 is 11.5 Å². The summed E-state index contributed by atoms with van der Waals surface area (Å²) in [6, 6.07) is 1.43. The van der Waals surface area contributed by atoms with Crippen molar-refractivity contribution in [3.8, 4) is 28.1 Å². The highest BCUT2D eigenvalue weighted by atomic mass is 79.9. The van der Waals surface area contributed by atoms with Crippen LogP contribution in [0.1, 0.15) is 15.9 Å². The zero-order chi connectivity index (χ0) is 25.7. The number of alkyl halides is 3. The van der Waals surface area contributed by atoms with Crippen molar-refractivity contribution in [3.63, 3.8) is 0 Å². The maximum Gasteiger partial charge on any atom is 0.420 e. The summed E-state index contributed by atoms with van der Waals surface area (Å²) < 4.78 is 57.6. The van der Waals surface area contributed by atoms with Gasteiger partial charge in [-0.3, -0.25) is 4.79 Å². The highest BCUT2D eigenvalue weighted by molar-refractivity contribution is 9.10. The minimum atomic E-state index is -4.92. The zero-order valence-corrected chi connectivity index (χ0v) is 20.0. The van der Waals surface area contributed by atoms with E-state index >= 15 is 4.39 Å². The van der Waals surface area contributed by atoms with Crippen LogP contribution in [0.3, 0.4) is 0 Å². The van der Waals surface area contributed by atoms with E-state index in [9.17, 15) is 18.0 Å². The Bertz CT molecular complexity index is 1480. The van der Waals surface area contributed by atoms with Crippen LogP contribution in [0.4, 0.5) is 23.2 Å². The standard InChI is InChI=1S/C20H10BrCl2F4N7O/c21-10-6-30-17(23)16(28)13(10)14-11(24)4-8(18(29)35)15(22)12(14)7-3-9(20(25,26)27)19(31-5-7)34-32-1-2-33-34/h1-6H,28H2,(H2,29,35). The molecular formula is C20H10BrCl2F4N7O. The zero-order valence-electron chi connectivity index (χ0n) is 16.9. The number of hydrogen-bond donors (Lipinski definition) is 2. The normalized spacial score (nSPS) is 11.6. The molecule has 0 unspecified atom stereocenters. The molecule has 0 radical (unpaired) electrons. The van der Waals surface area contributed by atoms with Gasteiger partial charge in [-0.15, -0.1) is 4.80 Å². The van der Waals surface area contributed by atoms with Gasteiger partial charge in [0.2, 0.25) is 5.91 Å². The number of hydrogen-bond acceptors (Lipinski definition) is 6. The second-order valence-electron chi connectivity index (χ2n) is 6.93. The summed E-state index contributed by atoms with van der Waals surface area (Å²) in [4.78, 5) is 20.3. The van der Waals surface area contributed by atoms with Crippen LogP contribution in [0.15, 0.2) is 41.4 Å². The first kappa shape index (κ1) is 24.8. The molecule has 3 heterocycles. The average Bonchev–Trinajstić information content (AvgIpc) is 3.32. The van der Waals surface area contributed by atoms with Crippen molar-refractivity contribution in [3.05, 3.63) is 68.5 Å². The van der Waals surface area contributed by atoms with Crippen LogP contribution in [0, 0.1) is 5.82 Å². The van der Waals surface area contributed by atoms with Crippen molar-refractivity contribution in [1.82, 2.24) is 25.0 Å². The van der Waals surface area contributed by atoms with Gasteiger partial charge in [-0.1, -0.05) is 23.2 Å². The molecule has 1 amide bonds. The fourth-order valence-electron chi connectivity index (χ4n) is 3.34. The fraction of sp³-hybridized carbons (Fsp3) is 0.0500. The molecule has 180 valence electrons. The van der Waals surface area contributed by atoms with Crippen molar-refractivity contribution in [2.24, 2.45) is 5.73 Å². The molecule has 8 nitrogen and oxygen atoms in total. The molecule has 0 bridgehead atoms. The number of nitrogens with two attached hydrogens (primary N) is 2. The van der Waals surface area contributed by atoms with Crippen LogP contribution in [0.5, 0.6) is 0 Å². The largest absolute Gasteiger partial charge is 0.420 e. The first-order valence-electron chi connectivity index (χ1n) is 9.27. The summed E-state index contributed by atoms with van der Waals surface area (Å²) in [5.74, 6) is -2.80. The first-order chi connectivity index (χ1) is 16.4. The van der Waals surface area contributed by atoms with Crippen molar-refractivity contribution >= 4 is 50.7 Å². The number of nitrogens with zero attached hydrogens (tertiary/aromatic N) is 5. The monoisotopic (exact) mass is 589 g/mol. The number of rotatable bonds is 4. The number of anilines is 1. The van der Waals surface area contributed by atoms with E-state index in [1.54, 1.807) is 0 Å². The summed E-state index contributed by atoms with van der Waals surface area (Å²) in [6.07, 6.45) is -0.360. The summed E-state index contributed by atoms with van der Waals surface area (Å²) in [6.45, 7) is 0. The van der Waals surface area contributed by atoms with Crippen molar-refractivity contribution in [2.75, 3.05) is 5.73 Å². The van der Waals surface area contributed by atoms with Gasteiger partial charge >= 0.3 is 6.18 Å². The lowest BCUT2D eigenvalue weighted by molar-refractivity contribution is -0.137. The number of aromatic nitrogens is 5. The molecule has 3 aromatic heterocycles. The molecule has 15 heteroatoms. The molecular weight excluding hydrogens is 581 g/mol. The predicted molar refractivity (Wildman–Crippen MR) is 123 cm³/mol. The Morgan fingerprint density at radius 3 is 2.29 bits per heavy atom. The average molecular weight is 591 g/mol. The maximum absolute atomic E-state index is 15.5. The molecule has 1 aromatic carbocycles. The third-order valence-corrected chi connectivity index (χ3v) is 6.12. The number of carbonyl (C=O) groups excluding carboxylic acids is 1. The quantitative estimate of drug-likeness (QED) is 0.245. The first-order valence-corrected chi connectivity index (χ1v) is 10.8. The Morgan fingerprint density at radius 2 is 1.69 bits per heavy atom. The van der Waals surface area contributed by atoms with E-state index in [0.717, 1.165) is 12.3 Å². The maximum atomic E-state index is 15.5. The molecule has 4 aromatic rings. The minimum absolute atomic E-state index is 0.0539. The Hall–Kier alpha value is -3.29. The molecule has 4 rings (SSSR count). The molecule has 0 saturated carbocycles. The van der Waals surface area contributed by atoms with E-state index in [-0.39, 0.29) is 37.6 Å². The summed E-state index contributed by atoms with van der Waals surface area (Å²) in [5, 5.41) is 6.74. The third-order valence-electron chi connectivity index (χ3n) is 4.82. The Labute approximate surface area is 212 Å². The van der Waals surface area contributed by atoms with E-state index < -0.39 is 39.9 Å². The summed E-state index contributed by atoms with van der Waals surface area (Å²) in [5.41, 5.74) is 8.41. The van der Waals surface area contributed by atoms with Gasteiger partial charge in [0, 0.05) is 39.1 Å². The highest BCUT2D eigenvalue weighted by Gasteiger charge is 2.37. The topological polar surface area (TPSA) is 126 Å². The second kappa shape index (κ2) is 9.06. The van der Waals surface area contributed by atoms with Crippen LogP contribution < -0.4 is 11.5 Å². The van der Waals surface area contributed by atoms with Gasteiger partial charge in [0.1, 0.15) is 11.4 Å².